The number of rotatable bonds is 4. The standard InChI is InChI=1S/C15H24OSSi/c1-6-15(17-2)13-9-10-14(16)12(13)8-7-11-18(3,4)5/h6,12-13,15H,1,8-10H2,2-5H3/t12-,13+,15?/m1/s1. The molecule has 18 heavy (non-hydrogen) atoms. The fraction of sp³-hybridized carbons (Fsp3) is 0.667. The minimum absolute atomic E-state index is 0.143. The van der Waals surface area contributed by atoms with Gasteiger partial charge in [0.2, 0.25) is 0 Å². The van der Waals surface area contributed by atoms with Crippen molar-refractivity contribution in [3.8, 4) is 11.5 Å². The summed E-state index contributed by atoms with van der Waals surface area (Å²) in [6.45, 7) is 10.6. The summed E-state index contributed by atoms with van der Waals surface area (Å²) in [4.78, 5) is 12.0. The molecule has 100 valence electrons. The molecular formula is C15H24OSSi. The molecule has 1 aliphatic carbocycles. The highest BCUT2D eigenvalue weighted by Crippen LogP contribution is 2.38. The first kappa shape index (κ1) is 15.6. The Hall–Kier alpha value is -0.463. The van der Waals surface area contributed by atoms with Crippen molar-refractivity contribution < 1.29 is 4.79 Å². The van der Waals surface area contributed by atoms with E-state index in [-0.39, 0.29) is 5.92 Å². The Bertz CT molecular complexity index is 372. The minimum Gasteiger partial charge on any atom is -0.299 e. The molecule has 1 unspecified atom stereocenters. The number of Topliss-reactive ketones (excluding diaryl/α,β-unsaturated/α-hetero) is 1. The maximum absolute atomic E-state index is 12.0. The van der Waals surface area contributed by atoms with Crippen LogP contribution in [-0.2, 0) is 4.79 Å². The summed E-state index contributed by atoms with van der Waals surface area (Å²) in [5.41, 5.74) is 3.37. The van der Waals surface area contributed by atoms with E-state index in [1.165, 1.54) is 0 Å². The second-order valence-corrected chi connectivity index (χ2v) is 11.7. The molecule has 0 aliphatic heterocycles. The van der Waals surface area contributed by atoms with Gasteiger partial charge < -0.3 is 0 Å². The van der Waals surface area contributed by atoms with Crippen molar-refractivity contribution in [2.75, 3.05) is 6.26 Å². The third-order valence-electron chi connectivity index (χ3n) is 3.37. The summed E-state index contributed by atoms with van der Waals surface area (Å²) >= 11 is 1.80. The lowest BCUT2D eigenvalue weighted by Crippen LogP contribution is -2.23. The Morgan fingerprint density at radius 2 is 2.22 bits per heavy atom. The Kier molecular flexibility index (Phi) is 5.74. The molecule has 0 aromatic carbocycles. The molecule has 1 fully saturated rings. The number of hydrogen-bond acceptors (Lipinski definition) is 2. The predicted molar refractivity (Wildman–Crippen MR) is 84.5 cm³/mol. The molecular weight excluding hydrogens is 256 g/mol. The largest absolute Gasteiger partial charge is 0.299 e. The fourth-order valence-corrected chi connectivity index (χ4v) is 3.96. The monoisotopic (exact) mass is 280 g/mol. The Labute approximate surface area is 117 Å². The second-order valence-electron chi connectivity index (χ2n) is 5.97. The first-order chi connectivity index (χ1) is 8.39. The van der Waals surface area contributed by atoms with Crippen molar-refractivity contribution in [2.24, 2.45) is 11.8 Å². The summed E-state index contributed by atoms with van der Waals surface area (Å²) < 4.78 is 0. The average Bonchev–Trinajstić information content (AvgIpc) is 2.62. The van der Waals surface area contributed by atoms with E-state index in [1.807, 2.05) is 6.08 Å². The molecule has 1 saturated carbocycles. The van der Waals surface area contributed by atoms with Crippen LogP contribution in [0.25, 0.3) is 0 Å². The molecule has 3 heteroatoms. The van der Waals surface area contributed by atoms with Gasteiger partial charge in [-0.05, 0) is 18.6 Å². The highest BCUT2D eigenvalue weighted by Gasteiger charge is 2.37. The molecule has 0 aromatic rings. The Morgan fingerprint density at radius 3 is 2.72 bits per heavy atom. The number of hydrogen-bond donors (Lipinski definition) is 0. The lowest BCUT2D eigenvalue weighted by molar-refractivity contribution is -0.121. The van der Waals surface area contributed by atoms with E-state index in [0.29, 0.717) is 17.0 Å². The molecule has 0 radical (unpaired) electrons. The molecule has 0 heterocycles. The van der Waals surface area contributed by atoms with Gasteiger partial charge in [-0.3, -0.25) is 4.79 Å². The zero-order chi connectivity index (χ0) is 13.8. The van der Waals surface area contributed by atoms with Crippen molar-refractivity contribution in [3.05, 3.63) is 12.7 Å². The zero-order valence-electron chi connectivity index (χ0n) is 12.0. The molecule has 1 nitrogen and oxygen atoms in total. The van der Waals surface area contributed by atoms with Gasteiger partial charge in [-0.1, -0.05) is 25.7 Å². The molecule has 1 aliphatic rings. The van der Waals surface area contributed by atoms with E-state index in [4.69, 9.17) is 0 Å². The molecule has 0 bridgehead atoms. The van der Waals surface area contributed by atoms with Gasteiger partial charge >= 0.3 is 0 Å². The van der Waals surface area contributed by atoms with Gasteiger partial charge in [0, 0.05) is 24.0 Å². The molecule has 0 saturated heterocycles. The smallest absolute Gasteiger partial charge is 0.137 e. The maximum Gasteiger partial charge on any atom is 0.137 e. The van der Waals surface area contributed by atoms with E-state index < -0.39 is 8.07 Å². The van der Waals surface area contributed by atoms with Crippen LogP contribution in [0.1, 0.15) is 19.3 Å². The van der Waals surface area contributed by atoms with Gasteiger partial charge in [-0.15, -0.1) is 18.0 Å². The third kappa shape index (κ3) is 4.33. The molecule has 0 aromatic heterocycles. The Morgan fingerprint density at radius 1 is 1.56 bits per heavy atom. The summed E-state index contributed by atoms with van der Waals surface area (Å²) in [6, 6.07) is 0. The molecule has 3 atom stereocenters. The van der Waals surface area contributed by atoms with Crippen LogP contribution in [0.3, 0.4) is 0 Å². The van der Waals surface area contributed by atoms with Gasteiger partial charge in [-0.25, -0.2) is 0 Å². The summed E-state index contributed by atoms with van der Waals surface area (Å²) in [5, 5.41) is 0.398. The van der Waals surface area contributed by atoms with Gasteiger partial charge in [0.05, 0.1) is 0 Å². The lowest BCUT2D eigenvalue weighted by atomic mass is 9.89. The minimum atomic E-state index is -1.31. The summed E-state index contributed by atoms with van der Waals surface area (Å²) in [5.74, 6) is 4.27. The van der Waals surface area contributed by atoms with Crippen LogP contribution in [0.15, 0.2) is 12.7 Å². The van der Waals surface area contributed by atoms with E-state index >= 15 is 0 Å². The van der Waals surface area contributed by atoms with Crippen LogP contribution in [0.4, 0.5) is 0 Å². The average molecular weight is 281 g/mol. The highest BCUT2D eigenvalue weighted by molar-refractivity contribution is 7.99. The van der Waals surface area contributed by atoms with Crippen LogP contribution in [0.2, 0.25) is 19.6 Å². The number of thioether (sulfide) groups is 1. The zero-order valence-corrected chi connectivity index (χ0v) is 13.8. The molecule has 0 amide bonds. The van der Waals surface area contributed by atoms with Gasteiger partial charge in [0.25, 0.3) is 0 Å². The summed E-state index contributed by atoms with van der Waals surface area (Å²) in [6.07, 6.45) is 6.58. The van der Waals surface area contributed by atoms with E-state index in [0.717, 1.165) is 19.3 Å². The normalized spacial score (nSPS) is 25.4. The SMILES string of the molecule is C=CC(SC)[C@H]1CCC(=O)[C@@H]1CC#C[Si](C)(C)C. The molecule has 0 N–H and O–H groups in total. The second kappa shape index (κ2) is 6.63. The first-order valence-corrected chi connectivity index (χ1v) is 11.4. The van der Waals surface area contributed by atoms with E-state index in [2.05, 4.69) is 43.9 Å². The van der Waals surface area contributed by atoms with Gasteiger partial charge in [0.1, 0.15) is 13.9 Å². The van der Waals surface area contributed by atoms with Gasteiger partial charge in [0.15, 0.2) is 0 Å². The van der Waals surface area contributed by atoms with Crippen molar-refractivity contribution in [2.45, 2.75) is 44.2 Å². The van der Waals surface area contributed by atoms with Crippen LogP contribution in [0.5, 0.6) is 0 Å². The number of ketones is 1. The molecule has 1 rings (SSSR count). The molecule has 0 spiro atoms. The summed E-state index contributed by atoms with van der Waals surface area (Å²) in [7, 11) is -1.31. The number of carbonyl (C=O) groups is 1. The van der Waals surface area contributed by atoms with Crippen LogP contribution in [-0.4, -0.2) is 25.4 Å². The first-order valence-electron chi connectivity index (χ1n) is 6.57. The van der Waals surface area contributed by atoms with Gasteiger partial charge in [-0.2, -0.15) is 11.8 Å². The number of carbonyl (C=O) groups excluding carboxylic acids is 1. The predicted octanol–water partition coefficient (Wildman–Crippen LogP) is 3.77. The highest BCUT2D eigenvalue weighted by atomic mass is 32.2. The van der Waals surface area contributed by atoms with Crippen LogP contribution >= 0.6 is 11.8 Å². The van der Waals surface area contributed by atoms with E-state index in [9.17, 15) is 4.79 Å². The van der Waals surface area contributed by atoms with E-state index in [1.54, 1.807) is 11.8 Å². The van der Waals surface area contributed by atoms with Crippen molar-refractivity contribution in [3.63, 3.8) is 0 Å². The maximum atomic E-state index is 12.0. The Balaban J connectivity index is 2.73. The fourth-order valence-electron chi connectivity index (χ4n) is 2.46. The van der Waals surface area contributed by atoms with Crippen molar-refractivity contribution in [1.29, 1.82) is 0 Å². The van der Waals surface area contributed by atoms with Crippen LogP contribution in [0, 0.1) is 23.3 Å². The van der Waals surface area contributed by atoms with Crippen molar-refractivity contribution >= 4 is 25.6 Å². The quantitative estimate of drug-likeness (QED) is 0.443. The van der Waals surface area contributed by atoms with Crippen LogP contribution < -0.4 is 0 Å². The lowest BCUT2D eigenvalue weighted by Gasteiger charge is -2.22. The van der Waals surface area contributed by atoms with Crippen molar-refractivity contribution in [1.82, 2.24) is 0 Å². The third-order valence-corrected chi connectivity index (χ3v) is 5.38. The topological polar surface area (TPSA) is 17.1 Å².